The first-order chi connectivity index (χ1) is 14.8. The number of aryl methyl sites for hydroxylation is 2. The van der Waals surface area contributed by atoms with Crippen LogP contribution in [0.15, 0.2) is 66.7 Å². The lowest BCUT2D eigenvalue weighted by molar-refractivity contribution is 0.104. The minimum absolute atomic E-state index is 0.126. The Morgan fingerprint density at radius 2 is 1.61 bits per heavy atom. The van der Waals surface area contributed by atoms with E-state index in [0.29, 0.717) is 17.9 Å². The molecule has 1 N–H and O–H groups in total. The standard InChI is InChI=1S/C27H29NO3/c1-19-15-20(2)17-23(16-19)22-8-12-27(31-14-13-28(3)4)25(18-22)26(30)11-7-21-5-9-24(29)10-6-21/h5-12,15-18,29H,13-14H2,1-4H3/b11-7+. The van der Waals surface area contributed by atoms with Gasteiger partial charge in [-0.2, -0.15) is 0 Å². The highest BCUT2D eigenvalue weighted by Gasteiger charge is 2.13. The lowest BCUT2D eigenvalue weighted by Crippen LogP contribution is -2.20. The van der Waals surface area contributed by atoms with E-state index in [1.54, 1.807) is 36.4 Å². The van der Waals surface area contributed by atoms with Gasteiger partial charge in [0.05, 0.1) is 5.56 Å². The van der Waals surface area contributed by atoms with Gasteiger partial charge in [0.25, 0.3) is 0 Å². The van der Waals surface area contributed by atoms with E-state index in [0.717, 1.165) is 23.2 Å². The zero-order valence-electron chi connectivity index (χ0n) is 18.6. The number of ketones is 1. The normalized spacial score (nSPS) is 11.3. The molecule has 160 valence electrons. The molecule has 4 nitrogen and oxygen atoms in total. The quantitative estimate of drug-likeness (QED) is 0.389. The van der Waals surface area contributed by atoms with E-state index in [2.05, 4.69) is 32.0 Å². The zero-order chi connectivity index (χ0) is 22.4. The van der Waals surface area contributed by atoms with Crippen LogP contribution in [-0.2, 0) is 0 Å². The van der Waals surface area contributed by atoms with Crippen LogP contribution in [0.3, 0.4) is 0 Å². The Bertz CT molecular complexity index is 1060. The third-order valence-corrected chi connectivity index (χ3v) is 4.92. The molecule has 0 aliphatic heterocycles. The first kappa shape index (κ1) is 22.3. The van der Waals surface area contributed by atoms with Crippen LogP contribution in [-0.4, -0.2) is 43.0 Å². The van der Waals surface area contributed by atoms with Crippen LogP contribution in [0.5, 0.6) is 11.5 Å². The van der Waals surface area contributed by atoms with Gasteiger partial charge in [-0.1, -0.05) is 53.6 Å². The average molecular weight is 416 g/mol. The van der Waals surface area contributed by atoms with Crippen LogP contribution < -0.4 is 4.74 Å². The molecule has 4 heteroatoms. The number of hydrogen-bond acceptors (Lipinski definition) is 4. The van der Waals surface area contributed by atoms with Gasteiger partial charge in [0.1, 0.15) is 18.1 Å². The van der Waals surface area contributed by atoms with Crippen molar-refractivity contribution in [2.45, 2.75) is 13.8 Å². The molecule has 31 heavy (non-hydrogen) atoms. The average Bonchev–Trinajstić information content (AvgIpc) is 2.72. The molecule has 0 amide bonds. The van der Waals surface area contributed by atoms with Gasteiger partial charge < -0.3 is 14.7 Å². The maximum atomic E-state index is 13.1. The highest BCUT2D eigenvalue weighted by Crippen LogP contribution is 2.29. The maximum absolute atomic E-state index is 13.1. The molecule has 0 atom stereocenters. The Labute approximate surface area is 184 Å². The molecule has 0 spiro atoms. The summed E-state index contributed by atoms with van der Waals surface area (Å²) in [5.74, 6) is 0.649. The molecule has 3 aromatic rings. The van der Waals surface area contributed by atoms with Crippen molar-refractivity contribution in [2.24, 2.45) is 0 Å². The molecular formula is C27H29NO3. The summed E-state index contributed by atoms with van der Waals surface area (Å²) in [6, 6.07) is 18.9. The van der Waals surface area contributed by atoms with Gasteiger partial charge in [0, 0.05) is 6.54 Å². The van der Waals surface area contributed by atoms with E-state index in [4.69, 9.17) is 4.74 Å². The Kier molecular flexibility index (Phi) is 7.27. The molecule has 0 heterocycles. The van der Waals surface area contributed by atoms with Gasteiger partial charge in [-0.25, -0.2) is 0 Å². The summed E-state index contributed by atoms with van der Waals surface area (Å²) >= 11 is 0. The smallest absolute Gasteiger partial charge is 0.189 e. The maximum Gasteiger partial charge on any atom is 0.189 e. The number of carbonyl (C=O) groups is 1. The third-order valence-electron chi connectivity index (χ3n) is 4.92. The Balaban J connectivity index is 1.94. The number of nitrogens with zero attached hydrogens (tertiary/aromatic N) is 1. The third kappa shape index (κ3) is 6.30. The van der Waals surface area contributed by atoms with Crippen molar-refractivity contribution in [3.8, 4) is 22.6 Å². The predicted molar refractivity (Wildman–Crippen MR) is 127 cm³/mol. The number of aromatic hydroxyl groups is 1. The van der Waals surface area contributed by atoms with Crippen molar-refractivity contribution in [3.63, 3.8) is 0 Å². The molecular weight excluding hydrogens is 386 g/mol. The Hall–Kier alpha value is -3.37. The van der Waals surface area contributed by atoms with Crippen LogP contribution >= 0.6 is 0 Å². The van der Waals surface area contributed by atoms with Crippen LogP contribution in [0, 0.1) is 13.8 Å². The number of rotatable bonds is 8. The number of ether oxygens (including phenoxy) is 1. The first-order valence-electron chi connectivity index (χ1n) is 10.3. The summed E-state index contributed by atoms with van der Waals surface area (Å²) in [5, 5.41) is 9.44. The van der Waals surface area contributed by atoms with E-state index in [9.17, 15) is 9.90 Å². The molecule has 0 aliphatic carbocycles. The molecule has 0 unspecified atom stereocenters. The summed E-state index contributed by atoms with van der Waals surface area (Å²) < 4.78 is 5.95. The number of likely N-dealkylation sites (N-methyl/N-ethyl adjacent to an activating group) is 1. The Morgan fingerprint density at radius 3 is 2.26 bits per heavy atom. The van der Waals surface area contributed by atoms with Crippen molar-refractivity contribution < 1.29 is 14.6 Å². The summed E-state index contributed by atoms with van der Waals surface area (Å²) in [6.45, 7) is 5.40. The molecule has 0 saturated heterocycles. The van der Waals surface area contributed by atoms with Gasteiger partial charge in [0.15, 0.2) is 5.78 Å². The monoisotopic (exact) mass is 415 g/mol. The van der Waals surface area contributed by atoms with E-state index in [-0.39, 0.29) is 11.5 Å². The second-order valence-corrected chi connectivity index (χ2v) is 8.03. The van der Waals surface area contributed by atoms with Gasteiger partial charge in [-0.3, -0.25) is 4.79 Å². The van der Waals surface area contributed by atoms with Crippen LogP contribution in [0.25, 0.3) is 17.2 Å². The fourth-order valence-electron chi connectivity index (χ4n) is 3.35. The molecule has 0 saturated carbocycles. The molecule has 3 rings (SSSR count). The van der Waals surface area contributed by atoms with Crippen molar-refractivity contribution in [1.29, 1.82) is 0 Å². The highest BCUT2D eigenvalue weighted by molar-refractivity contribution is 6.09. The van der Waals surface area contributed by atoms with Gasteiger partial charge in [-0.15, -0.1) is 0 Å². The van der Waals surface area contributed by atoms with Crippen LogP contribution in [0.2, 0.25) is 0 Å². The SMILES string of the molecule is Cc1cc(C)cc(-c2ccc(OCCN(C)C)c(C(=O)/C=C/c3ccc(O)cc3)c2)c1. The zero-order valence-corrected chi connectivity index (χ0v) is 18.6. The number of hydrogen-bond donors (Lipinski definition) is 1. The number of phenolic OH excluding ortho intramolecular Hbond substituents is 1. The fraction of sp³-hybridized carbons (Fsp3) is 0.222. The predicted octanol–water partition coefficient (Wildman–Crippen LogP) is 5.51. The number of phenols is 1. The minimum atomic E-state index is -0.126. The number of benzene rings is 3. The van der Waals surface area contributed by atoms with E-state index in [1.807, 2.05) is 37.2 Å². The second-order valence-electron chi connectivity index (χ2n) is 8.03. The molecule has 3 aromatic carbocycles. The van der Waals surface area contributed by atoms with Gasteiger partial charge >= 0.3 is 0 Å². The lowest BCUT2D eigenvalue weighted by atomic mass is 9.97. The van der Waals surface area contributed by atoms with Crippen LogP contribution in [0.1, 0.15) is 27.0 Å². The fourth-order valence-corrected chi connectivity index (χ4v) is 3.35. The summed E-state index contributed by atoms with van der Waals surface area (Å²) in [6.07, 6.45) is 3.29. The van der Waals surface area contributed by atoms with E-state index in [1.165, 1.54) is 11.1 Å². The summed E-state index contributed by atoms with van der Waals surface area (Å²) in [7, 11) is 3.97. The van der Waals surface area contributed by atoms with Gasteiger partial charge in [0.2, 0.25) is 0 Å². The highest BCUT2D eigenvalue weighted by atomic mass is 16.5. The van der Waals surface area contributed by atoms with Crippen molar-refractivity contribution in [2.75, 3.05) is 27.2 Å². The first-order valence-corrected chi connectivity index (χ1v) is 10.3. The van der Waals surface area contributed by atoms with E-state index >= 15 is 0 Å². The molecule has 0 bridgehead atoms. The largest absolute Gasteiger partial charge is 0.508 e. The molecule has 0 fully saturated rings. The van der Waals surface area contributed by atoms with Crippen molar-refractivity contribution >= 4 is 11.9 Å². The van der Waals surface area contributed by atoms with Crippen molar-refractivity contribution in [3.05, 3.63) is 89.0 Å². The topological polar surface area (TPSA) is 49.8 Å². The number of carbonyl (C=O) groups excluding carboxylic acids is 1. The van der Waals surface area contributed by atoms with E-state index < -0.39 is 0 Å². The number of allylic oxidation sites excluding steroid dienone is 1. The second kappa shape index (κ2) is 10.1. The summed E-state index contributed by atoms with van der Waals surface area (Å²) in [4.78, 5) is 15.1. The molecule has 0 aliphatic rings. The van der Waals surface area contributed by atoms with Crippen LogP contribution in [0.4, 0.5) is 0 Å². The molecule has 0 radical (unpaired) electrons. The summed E-state index contributed by atoms with van der Waals surface area (Å²) in [5.41, 5.74) is 5.79. The Morgan fingerprint density at radius 1 is 0.935 bits per heavy atom. The minimum Gasteiger partial charge on any atom is -0.508 e. The molecule has 0 aromatic heterocycles. The lowest BCUT2D eigenvalue weighted by Gasteiger charge is -2.14. The van der Waals surface area contributed by atoms with Gasteiger partial charge in [-0.05, 0) is 75.0 Å². The van der Waals surface area contributed by atoms with Crippen molar-refractivity contribution in [1.82, 2.24) is 4.90 Å².